The molecular weight excluding hydrogens is 276 g/mol. The van der Waals surface area contributed by atoms with Crippen LogP contribution >= 0.6 is 0 Å². The summed E-state index contributed by atoms with van der Waals surface area (Å²) in [5, 5.41) is 5.74. The SMILES string of the molecule is CCCCCC[C@@H](C)NC(=O)CCNC(=O)c1ccccc1. The fourth-order valence-corrected chi connectivity index (χ4v) is 2.28. The van der Waals surface area contributed by atoms with E-state index in [9.17, 15) is 9.59 Å². The molecule has 122 valence electrons. The number of hydrogen-bond donors (Lipinski definition) is 2. The fraction of sp³-hybridized carbons (Fsp3) is 0.556. The minimum absolute atomic E-state index is 0.00338. The van der Waals surface area contributed by atoms with Gasteiger partial charge in [-0.15, -0.1) is 0 Å². The Kier molecular flexibility index (Phi) is 8.96. The van der Waals surface area contributed by atoms with Gasteiger partial charge in [-0.05, 0) is 25.5 Å². The summed E-state index contributed by atoms with van der Waals surface area (Å²) in [5.41, 5.74) is 0.618. The van der Waals surface area contributed by atoms with Gasteiger partial charge in [0.25, 0.3) is 5.91 Å². The normalized spacial score (nSPS) is 11.7. The molecule has 0 heterocycles. The molecule has 4 heteroatoms. The molecule has 1 rings (SSSR count). The van der Waals surface area contributed by atoms with E-state index in [0.717, 1.165) is 12.8 Å². The lowest BCUT2D eigenvalue weighted by molar-refractivity contribution is -0.121. The van der Waals surface area contributed by atoms with Crippen LogP contribution in [-0.4, -0.2) is 24.4 Å². The molecule has 0 fully saturated rings. The average Bonchev–Trinajstić information content (AvgIpc) is 2.52. The maximum atomic E-state index is 11.8. The molecule has 0 saturated carbocycles. The van der Waals surface area contributed by atoms with Gasteiger partial charge in [0.05, 0.1) is 0 Å². The van der Waals surface area contributed by atoms with Gasteiger partial charge in [0.2, 0.25) is 5.91 Å². The van der Waals surface area contributed by atoms with Crippen molar-refractivity contribution in [2.24, 2.45) is 0 Å². The number of hydrogen-bond acceptors (Lipinski definition) is 2. The van der Waals surface area contributed by atoms with Crippen molar-refractivity contribution in [2.75, 3.05) is 6.54 Å². The number of carbonyl (C=O) groups is 2. The third-order valence-electron chi connectivity index (χ3n) is 3.57. The van der Waals surface area contributed by atoms with Gasteiger partial charge in [0, 0.05) is 24.6 Å². The number of benzene rings is 1. The number of carbonyl (C=O) groups excluding carboxylic acids is 2. The lowest BCUT2D eigenvalue weighted by Gasteiger charge is -2.14. The van der Waals surface area contributed by atoms with E-state index < -0.39 is 0 Å². The smallest absolute Gasteiger partial charge is 0.251 e. The Hall–Kier alpha value is -1.84. The van der Waals surface area contributed by atoms with E-state index in [4.69, 9.17) is 0 Å². The van der Waals surface area contributed by atoms with Crippen molar-refractivity contribution in [2.45, 2.75) is 58.4 Å². The molecule has 1 aromatic rings. The Morgan fingerprint density at radius 2 is 1.82 bits per heavy atom. The third-order valence-corrected chi connectivity index (χ3v) is 3.57. The lowest BCUT2D eigenvalue weighted by atomic mass is 10.1. The summed E-state index contributed by atoms with van der Waals surface area (Å²) in [5.74, 6) is -0.141. The maximum absolute atomic E-state index is 11.8. The van der Waals surface area contributed by atoms with E-state index in [-0.39, 0.29) is 17.9 Å². The average molecular weight is 304 g/mol. The summed E-state index contributed by atoms with van der Waals surface area (Å²) in [7, 11) is 0. The predicted octanol–water partition coefficient (Wildman–Crippen LogP) is 3.28. The first-order chi connectivity index (χ1) is 10.6. The number of unbranched alkanes of at least 4 members (excludes halogenated alkanes) is 3. The van der Waals surface area contributed by atoms with Crippen LogP contribution in [0, 0.1) is 0 Å². The van der Waals surface area contributed by atoms with E-state index in [1.807, 2.05) is 25.1 Å². The summed E-state index contributed by atoms with van der Waals surface area (Å²) in [6.45, 7) is 4.59. The molecule has 0 aliphatic rings. The van der Waals surface area contributed by atoms with E-state index in [2.05, 4.69) is 17.6 Å². The van der Waals surface area contributed by atoms with Gasteiger partial charge in [0.15, 0.2) is 0 Å². The van der Waals surface area contributed by atoms with Gasteiger partial charge in [-0.2, -0.15) is 0 Å². The maximum Gasteiger partial charge on any atom is 0.251 e. The first-order valence-corrected chi connectivity index (χ1v) is 8.26. The van der Waals surface area contributed by atoms with Gasteiger partial charge in [-0.3, -0.25) is 9.59 Å². The summed E-state index contributed by atoms with van der Waals surface area (Å²) in [6, 6.07) is 9.23. The molecule has 2 amide bonds. The number of amides is 2. The minimum Gasteiger partial charge on any atom is -0.354 e. The predicted molar refractivity (Wildman–Crippen MR) is 89.8 cm³/mol. The van der Waals surface area contributed by atoms with Crippen LogP contribution in [0.3, 0.4) is 0 Å². The van der Waals surface area contributed by atoms with E-state index in [0.29, 0.717) is 18.5 Å². The molecule has 0 radical (unpaired) electrons. The minimum atomic E-state index is -0.138. The molecule has 1 aromatic carbocycles. The molecule has 1 atom stereocenters. The summed E-state index contributed by atoms with van der Waals surface area (Å²) < 4.78 is 0. The Labute approximate surface area is 133 Å². The summed E-state index contributed by atoms with van der Waals surface area (Å²) >= 11 is 0. The highest BCUT2D eigenvalue weighted by atomic mass is 16.2. The fourth-order valence-electron chi connectivity index (χ4n) is 2.28. The van der Waals surface area contributed by atoms with Crippen LogP contribution in [0.15, 0.2) is 30.3 Å². The molecule has 0 aromatic heterocycles. The van der Waals surface area contributed by atoms with Crippen LogP contribution < -0.4 is 10.6 Å². The van der Waals surface area contributed by atoms with Crippen LogP contribution in [0.5, 0.6) is 0 Å². The van der Waals surface area contributed by atoms with Gasteiger partial charge >= 0.3 is 0 Å². The highest BCUT2D eigenvalue weighted by Gasteiger charge is 2.08. The molecule has 0 spiro atoms. The van der Waals surface area contributed by atoms with Crippen LogP contribution in [0.4, 0.5) is 0 Å². The second-order valence-corrected chi connectivity index (χ2v) is 5.69. The summed E-state index contributed by atoms with van der Waals surface area (Å²) in [4.78, 5) is 23.6. The van der Waals surface area contributed by atoms with Crippen molar-refractivity contribution in [3.05, 3.63) is 35.9 Å². The van der Waals surface area contributed by atoms with Crippen molar-refractivity contribution >= 4 is 11.8 Å². The summed E-state index contributed by atoms with van der Waals surface area (Å²) in [6.07, 6.45) is 6.19. The Balaban J connectivity index is 2.14. The zero-order valence-electron chi connectivity index (χ0n) is 13.7. The van der Waals surface area contributed by atoms with E-state index >= 15 is 0 Å². The lowest BCUT2D eigenvalue weighted by Crippen LogP contribution is -2.35. The van der Waals surface area contributed by atoms with Crippen LogP contribution in [0.1, 0.15) is 62.7 Å². The largest absolute Gasteiger partial charge is 0.354 e. The molecule has 0 unspecified atom stereocenters. The van der Waals surface area contributed by atoms with Crippen LogP contribution in [-0.2, 0) is 4.79 Å². The molecule has 22 heavy (non-hydrogen) atoms. The molecule has 0 aliphatic heterocycles. The van der Waals surface area contributed by atoms with E-state index in [1.54, 1.807) is 12.1 Å². The molecule has 0 aliphatic carbocycles. The van der Waals surface area contributed by atoms with E-state index in [1.165, 1.54) is 19.3 Å². The van der Waals surface area contributed by atoms with Crippen molar-refractivity contribution in [1.29, 1.82) is 0 Å². The number of rotatable bonds is 10. The van der Waals surface area contributed by atoms with Crippen molar-refractivity contribution in [3.63, 3.8) is 0 Å². The van der Waals surface area contributed by atoms with Crippen molar-refractivity contribution in [1.82, 2.24) is 10.6 Å². The Bertz CT molecular complexity index is 446. The van der Waals surface area contributed by atoms with Gasteiger partial charge < -0.3 is 10.6 Å². The zero-order valence-corrected chi connectivity index (χ0v) is 13.7. The van der Waals surface area contributed by atoms with Crippen molar-refractivity contribution in [3.8, 4) is 0 Å². The molecule has 0 saturated heterocycles. The van der Waals surface area contributed by atoms with Crippen LogP contribution in [0.25, 0.3) is 0 Å². The quantitative estimate of drug-likeness (QED) is 0.652. The van der Waals surface area contributed by atoms with Crippen LogP contribution in [0.2, 0.25) is 0 Å². The number of nitrogens with one attached hydrogen (secondary N) is 2. The van der Waals surface area contributed by atoms with Gasteiger partial charge in [-0.25, -0.2) is 0 Å². The van der Waals surface area contributed by atoms with Crippen molar-refractivity contribution < 1.29 is 9.59 Å². The first kappa shape index (κ1) is 18.2. The van der Waals surface area contributed by atoms with Gasteiger partial charge in [0.1, 0.15) is 0 Å². The molecule has 4 nitrogen and oxygen atoms in total. The standard InChI is InChI=1S/C18H28N2O2/c1-3-4-5-7-10-15(2)20-17(21)13-14-19-18(22)16-11-8-6-9-12-16/h6,8-9,11-12,15H,3-5,7,10,13-14H2,1-2H3,(H,19,22)(H,20,21)/t15-/m1/s1. The monoisotopic (exact) mass is 304 g/mol. The first-order valence-electron chi connectivity index (χ1n) is 8.26. The second-order valence-electron chi connectivity index (χ2n) is 5.69. The third kappa shape index (κ3) is 7.81. The molecular formula is C18H28N2O2. The topological polar surface area (TPSA) is 58.2 Å². The Morgan fingerprint density at radius 1 is 1.09 bits per heavy atom. The highest BCUT2D eigenvalue weighted by Crippen LogP contribution is 2.05. The molecule has 0 bridgehead atoms. The highest BCUT2D eigenvalue weighted by molar-refractivity contribution is 5.94. The van der Waals surface area contributed by atoms with Gasteiger partial charge in [-0.1, -0.05) is 50.8 Å². The zero-order chi connectivity index (χ0) is 16.2. The Morgan fingerprint density at radius 3 is 2.50 bits per heavy atom. The molecule has 2 N–H and O–H groups in total. The second kappa shape index (κ2) is 10.8.